The number of para-hydroxylation sites is 2. The van der Waals surface area contributed by atoms with Gasteiger partial charge in [-0.05, 0) is 37.3 Å². The van der Waals surface area contributed by atoms with Gasteiger partial charge >= 0.3 is 5.69 Å². The zero-order valence-corrected chi connectivity index (χ0v) is 16.7. The maximum absolute atomic E-state index is 12.7. The Balaban J connectivity index is 1.50. The summed E-state index contributed by atoms with van der Waals surface area (Å²) in [6.07, 6.45) is 10.3. The first-order chi connectivity index (χ1) is 13.7. The van der Waals surface area contributed by atoms with Crippen molar-refractivity contribution in [2.75, 3.05) is 26.2 Å². The molecule has 0 unspecified atom stereocenters. The van der Waals surface area contributed by atoms with Crippen LogP contribution in [0.2, 0.25) is 0 Å². The van der Waals surface area contributed by atoms with E-state index in [-0.39, 0.29) is 18.6 Å². The number of hydrogen-bond acceptors (Lipinski definition) is 4. The van der Waals surface area contributed by atoms with E-state index >= 15 is 0 Å². The highest BCUT2D eigenvalue weighted by Crippen LogP contribution is 2.31. The van der Waals surface area contributed by atoms with E-state index in [1.54, 1.807) is 10.6 Å². The van der Waals surface area contributed by atoms with Crippen LogP contribution in [0.15, 0.2) is 29.1 Å². The van der Waals surface area contributed by atoms with E-state index in [0.717, 1.165) is 42.2 Å². The Labute approximate surface area is 166 Å². The number of likely N-dealkylation sites (tertiary alicyclic amines) is 1. The molecule has 6 heteroatoms. The number of aliphatic hydroxyl groups is 1. The predicted molar refractivity (Wildman–Crippen MR) is 110 cm³/mol. The number of aromatic nitrogens is 2. The second-order valence-electron chi connectivity index (χ2n) is 8.72. The zero-order valence-electron chi connectivity index (χ0n) is 16.7. The van der Waals surface area contributed by atoms with Gasteiger partial charge in [0.1, 0.15) is 5.52 Å². The summed E-state index contributed by atoms with van der Waals surface area (Å²) < 4.78 is 2.44. The quantitative estimate of drug-likeness (QED) is 0.790. The number of piperidine rings is 1. The molecule has 154 valence electrons. The average Bonchev–Trinajstić information content (AvgIpc) is 2.95. The number of hydrogen-bond donors (Lipinski definition) is 2. The first kappa shape index (κ1) is 19.5. The summed E-state index contributed by atoms with van der Waals surface area (Å²) in [5, 5.41) is 20.3. The van der Waals surface area contributed by atoms with Gasteiger partial charge in [0, 0.05) is 38.2 Å². The fraction of sp³-hybridized carbons (Fsp3) is 0.682. The summed E-state index contributed by atoms with van der Waals surface area (Å²) in [6, 6.07) is 7.25. The number of benzene rings is 1. The van der Waals surface area contributed by atoms with Crippen LogP contribution < -0.4 is 5.69 Å². The van der Waals surface area contributed by atoms with Crippen molar-refractivity contribution in [1.82, 2.24) is 14.2 Å². The summed E-state index contributed by atoms with van der Waals surface area (Å²) >= 11 is 0. The van der Waals surface area contributed by atoms with Gasteiger partial charge in [-0.15, -0.1) is 4.73 Å². The molecular weight excluding hydrogens is 354 g/mol. The van der Waals surface area contributed by atoms with Crippen molar-refractivity contribution in [3.63, 3.8) is 0 Å². The molecule has 2 fully saturated rings. The molecule has 1 aromatic carbocycles. The third-order valence-electron chi connectivity index (χ3n) is 6.84. The van der Waals surface area contributed by atoms with Crippen molar-refractivity contribution in [2.45, 2.75) is 57.4 Å². The molecule has 0 spiro atoms. The maximum Gasteiger partial charge on any atom is 0.362 e. The van der Waals surface area contributed by atoms with Gasteiger partial charge in [-0.3, -0.25) is 4.57 Å². The number of fused-ring (bicyclic) bond motifs is 1. The standard InChI is InChI=1S/C22H33N3O3/c26-16-18-15-23(14-17-8-4-2-1-3-5-9-17)13-12-19(18)24-20-10-6-7-11-21(20)25(28)22(24)27/h6-7,10-11,17-19,26,28H,1-5,8-9,12-16H2/t18-,19+/m0/s1. The van der Waals surface area contributed by atoms with E-state index in [9.17, 15) is 15.1 Å². The van der Waals surface area contributed by atoms with Gasteiger partial charge in [0.05, 0.1) is 5.52 Å². The Bertz CT molecular complexity index is 835. The summed E-state index contributed by atoms with van der Waals surface area (Å²) in [4.78, 5) is 15.2. The molecule has 4 rings (SSSR count). The van der Waals surface area contributed by atoms with Crippen molar-refractivity contribution in [3.8, 4) is 0 Å². The van der Waals surface area contributed by atoms with E-state index in [2.05, 4.69) is 4.90 Å². The van der Waals surface area contributed by atoms with Crippen LogP contribution in [0.4, 0.5) is 0 Å². The Morgan fingerprint density at radius 2 is 1.64 bits per heavy atom. The van der Waals surface area contributed by atoms with Crippen LogP contribution in [0.1, 0.15) is 57.4 Å². The SMILES string of the molecule is O=c1n(O)c2ccccc2n1[C@@H]1CCN(CC2CCCCCCC2)C[C@H]1CO. The second-order valence-corrected chi connectivity index (χ2v) is 8.72. The summed E-state index contributed by atoms with van der Waals surface area (Å²) in [5.74, 6) is 0.768. The molecule has 0 radical (unpaired) electrons. The van der Waals surface area contributed by atoms with Crippen molar-refractivity contribution in [2.24, 2.45) is 11.8 Å². The first-order valence-electron chi connectivity index (χ1n) is 10.9. The molecule has 2 heterocycles. The number of imidazole rings is 1. The Morgan fingerprint density at radius 1 is 0.964 bits per heavy atom. The normalized spacial score (nSPS) is 25.6. The fourth-order valence-corrected chi connectivity index (χ4v) is 5.34. The molecule has 2 atom stereocenters. The van der Waals surface area contributed by atoms with Gasteiger partial charge in [-0.2, -0.15) is 0 Å². The molecule has 2 aromatic rings. The molecule has 1 aliphatic heterocycles. The van der Waals surface area contributed by atoms with Crippen LogP contribution in [0.5, 0.6) is 0 Å². The van der Waals surface area contributed by atoms with Crippen molar-refractivity contribution in [3.05, 3.63) is 34.7 Å². The lowest BCUT2D eigenvalue weighted by Gasteiger charge is -2.40. The minimum atomic E-state index is -0.405. The van der Waals surface area contributed by atoms with Crippen molar-refractivity contribution >= 4 is 11.0 Å². The van der Waals surface area contributed by atoms with Gasteiger partial charge in [0.2, 0.25) is 0 Å². The highest BCUT2D eigenvalue weighted by atomic mass is 16.5. The van der Waals surface area contributed by atoms with E-state index in [4.69, 9.17) is 0 Å². The van der Waals surface area contributed by atoms with Crippen LogP contribution in [0.25, 0.3) is 11.0 Å². The summed E-state index contributed by atoms with van der Waals surface area (Å²) in [5.41, 5.74) is 0.867. The molecule has 1 saturated carbocycles. The number of nitrogens with zero attached hydrogens (tertiary/aromatic N) is 3. The minimum absolute atomic E-state index is 0.00538. The van der Waals surface area contributed by atoms with Crippen LogP contribution >= 0.6 is 0 Å². The Kier molecular flexibility index (Phi) is 6.07. The number of rotatable bonds is 4. The van der Waals surface area contributed by atoms with Gasteiger partial charge in [-0.1, -0.05) is 44.2 Å². The third kappa shape index (κ3) is 3.85. The van der Waals surface area contributed by atoms with Crippen molar-refractivity contribution in [1.29, 1.82) is 0 Å². The topological polar surface area (TPSA) is 70.6 Å². The van der Waals surface area contributed by atoms with Gasteiger partial charge in [-0.25, -0.2) is 4.79 Å². The molecule has 6 nitrogen and oxygen atoms in total. The van der Waals surface area contributed by atoms with E-state index in [1.165, 1.54) is 44.9 Å². The van der Waals surface area contributed by atoms with Crippen LogP contribution in [0, 0.1) is 11.8 Å². The van der Waals surface area contributed by atoms with Crippen LogP contribution in [-0.4, -0.2) is 50.8 Å². The minimum Gasteiger partial charge on any atom is -0.424 e. The molecule has 2 aliphatic rings. The monoisotopic (exact) mass is 387 g/mol. The molecule has 2 N–H and O–H groups in total. The summed E-state index contributed by atoms with van der Waals surface area (Å²) in [6.45, 7) is 2.92. The van der Waals surface area contributed by atoms with Gasteiger partial charge in [0.25, 0.3) is 0 Å². The lowest BCUT2D eigenvalue weighted by molar-refractivity contribution is 0.0626. The molecule has 28 heavy (non-hydrogen) atoms. The van der Waals surface area contributed by atoms with E-state index in [1.807, 2.05) is 18.2 Å². The van der Waals surface area contributed by atoms with Gasteiger partial charge < -0.3 is 15.2 Å². The lowest BCUT2D eigenvalue weighted by atomic mass is 9.88. The third-order valence-corrected chi connectivity index (χ3v) is 6.84. The largest absolute Gasteiger partial charge is 0.424 e. The van der Waals surface area contributed by atoms with Gasteiger partial charge in [0.15, 0.2) is 0 Å². The first-order valence-corrected chi connectivity index (χ1v) is 10.9. The fourth-order valence-electron chi connectivity index (χ4n) is 5.34. The Hall–Kier alpha value is -1.79. The molecule has 0 amide bonds. The maximum atomic E-state index is 12.7. The molecular formula is C22H33N3O3. The van der Waals surface area contributed by atoms with E-state index < -0.39 is 5.69 Å². The second kappa shape index (κ2) is 8.70. The van der Waals surface area contributed by atoms with Crippen molar-refractivity contribution < 1.29 is 10.3 Å². The zero-order chi connectivity index (χ0) is 19.5. The molecule has 1 aliphatic carbocycles. The average molecular weight is 388 g/mol. The molecule has 0 bridgehead atoms. The van der Waals surface area contributed by atoms with Crippen LogP contribution in [-0.2, 0) is 0 Å². The molecule has 1 aromatic heterocycles. The molecule has 1 saturated heterocycles. The summed E-state index contributed by atoms with van der Waals surface area (Å²) in [7, 11) is 0. The van der Waals surface area contributed by atoms with E-state index in [0.29, 0.717) is 5.52 Å². The Morgan fingerprint density at radius 3 is 2.36 bits per heavy atom. The highest BCUT2D eigenvalue weighted by molar-refractivity contribution is 5.75. The lowest BCUT2D eigenvalue weighted by Crippen LogP contribution is -2.46. The highest BCUT2D eigenvalue weighted by Gasteiger charge is 2.33. The van der Waals surface area contributed by atoms with Crippen LogP contribution in [0.3, 0.4) is 0 Å². The predicted octanol–water partition coefficient (Wildman–Crippen LogP) is 3.26. The number of aliphatic hydroxyl groups excluding tert-OH is 1. The smallest absolute Gasteiger partial charge is 0.362 e.